The molecule has 26 heavy (non-hydrogen) atoms. The SMILES string of the molecule is O=C(O)N1CC[C@H](c2cc(=O)[nH]o2)C[C@@H]1Cc1cccc(C(F)(F)F)c1. The summed E-state index contributed by atoms with van der Waals surface area (Å²) >= 11 is 0. The molecule has 9 heteroatoms. The second-order valence-corrected chi connectivity index (χ2v) is 6.37. The number of benzene rings is 1. The van der Waals surface area contributed by atoms with Gasteiger partial charge in [0.05, 0.1) is 5.56 Å². The minimum atomic E-state index is -4.45. The topological polar surface area (TPSA) is 86.5 Å². The van der Waals surface area contributed by atoms with Crippen LogP contribution in [0.3, 0.4) is 0 Å². The van der Waals surface area contributed by atoms with Crippen molar-refractivity contribution in [1.29, 1.82) is 0 Å². The summed E-state index contributed by atoms with van der Waals surface area (Å²) in [5, 5.41) is 11.6. The Kier molecular flexibility index (Phi) is 4.80. The van der Waals surface area contributed by atoms with Gasteiger partial charge in [-0.1, -0.05) is 18.2 Å². The first kappa shape index (κ1) is 18.1. The van der Waals surface area contributed by atoms with Gasteiger partial charge >= 0.3 is 12.3 Å². The standard InChI is InChI=1S/C17H17F3N2O4/c18-17(19,20)12-3-1-2-10(6-12)7-13-8-11(4-5-22(13)16(24)25)14-9-15(23)21-26-14/h1-3,6,9,11,13H,4-5,7-8H2,(H,21,23)(H,24,25)/t11-,13-/m0/s1. The zero-order chi connectivity index (χ0) is 18.9. The van der Waals surface area contributed by atoms with Crippen LogP contribution in [0.2, 0.25) is 0 Å². The number of hydrogen-bond acceptors (Lipinski definition) is 3. The summed E-state index contributed by atoms with van der Waals surface area (Å²) in [6.45, 7) is 0.221. The van der Waals surface area contributed by atoms with Crippen molar-refractivity contribution >= 4 is 6.09 Å². The van der Waals surface area contributed by atoms with Crippen LogP contribution in [-0.4, -0.2) is 33.8 Å². The molecule has 1 aromatic heterocycles. The maximum Gasteiger partial charge on any atom is 0.416 e. The quantitative estimate of drug-likeness (QED) is 0.866. The fourth-order valence-electron chi connectivity index (χ4n) is 3.40. The van der Waals surface area contributed by atoms with Crippen LogP contribution in [0.25, 0.3) is 0 Å². The lowest BCUT2D eigenvalue weighted by molar-refractivity contribution is -0.137. The van der Waals surface area contributed by atoms with E-state index in [9.17, 15) is 27.9 Å². The maximum absolute atomic E-state index is 12.9. The molecule has 2 heterocycles. The molecule has 1 amide bonds. The molecular formula is C17H17F3N2O4. The van der Waals surface area contributed by atoms with E-state index in [-0.39, 0.29) is 24.4 Å². The van der Waals surface area contributed by atoms with E-state index in [1.807, 2.05) is 0 Å². The van der Waals surface area contributed by atoms with Crippen LogP contribution in [0.15, 0.2) is 39.6 Å². The van der Waals surface area contributed by atoms with Gasteiger partial charge in [0.25, 0.3) is 5.56 Å². The van der Waals surface area contributed by atoms with E-state index in [1.165, 1.54) is 17.0 Å². The summed E-state index contributed by atoms with van der Waals surface area (Å²) in [4.78, 5) is 24.0. The monoisotopic (exact) mass is 370 g/mol. The smallest absolute Gasteiger partial charge is 0.416 e. The van der Waals surface area contributed by atoms with Crippen LogP contribution >= 0.6 is 0 Å². The first-order valence-corrected chi connectivity index (χ1v) is 8.08. The van der Waals surface area contributed by atoms with Gasteiger partial charge in [-0.2, -0.15) is 18.3 Å². The minimum absolute atomic E-state index is 0.154. The van der Waals surface area contributed by atoms with Crippen molar-refractivity contribution in [3.05, 3.63) is 57.6 Å². The van der Waals surface area contributed by atoms with Crippen LogP contribution in [-0.2, 0) is 12.6 Å². The molecule has 0 unspecified atom stereocenters. The highest BCUT2D eigenvalue weighted by Crippen LogP contribution is 2.34. The maximum atomic E-state index is 12.9. The molecule has 6 nitrogen and oxygen atoms in total. The van der Waals surface area contributed by atoms with Crippen molar-refractivity contribution in [2.75, 3.05) is 6.54 Å². The number of H-pyrrole nitrogens is 1. The summed E-state index contributed by atoms with van der Waals surface area (Å²) in [6.07, 6.45) is -4.57. The van der Waals surface area contributed by atoms with Crippen molar-refractivity contribution in [2.45, 2.75) is 37.4 Å². The summed E-state index contributed by atoms with van der Waals surface area (Å²) < 4.78 is 43.8. The Labute approximate surface area is 146 Å². The first-order chi connectivity index (χ1) is 12.2. The van der Waals surface area contributed by atoms with E-state index < -0.39 is 23.9 Å². The number of carbonyl (C=O) groups is 1. The number of amides is 1. The number of carboxylic acid groups (broad SMARTS) is 1. The lowest BCUT2D eigenvalue weighted by Crippen LogP contribution is -2.46. The minimum Gasteiger partial charge on any atom is -0.465 e. The van der Waals surface area contributed by atoms with Gasteiger partial charge in [-0.3, -0.25) is 4.79 Å². The van der Waals surface area contributed by atoms with Gasteiger partial charge in [-0.25, -0.2) is 4.79 Å². The van der Waals surface area contributed by atoms with Gasteiger partial charge in [0.2, 0.25) is 0 Å². The van der Waals surface area contributed by atoms with E-state index in [2.05, 4.69) is 5.16 Å². The first-order valence-electron chi connectivity index (χ1n) is 8.08. The van der Waals surface area contributed by atoms with Gasteiger partial charge in [-0.15, -0.1) is 0 Å². The van der Waals surface area contributed by atoms with Crippen molar-refractivity contribution in [3.63, 3.8) is 0 Å². The van der Waals surface area contributed by atoms with Crippen LogP contribution in [0, 0.1) is 0 Å². The lowest BCUT2D eigenvalue weighted by atomic mass is 9.86. The number of aromatic nitrogens is 1. The molecule has 0 aliphatic carbocycles. The number of nitrogens with one attached hydrogen (secondary N) is 1. The number of likely N-dealkylation sites (tertiary alicyclic amines) is 1. The number of piperidine rings is 1. The van der Waals surface area contributed by atoms with E-state index in [0.29, 0.717) is 24.2 Å². The molecule has 0 saturated carbocycles. The van der Waals surface area contributed by atoms with Gasteiger partial charge in [0.1, 0.15) is 5.76 Å². The molecule has 2 N–H and O–H groups in total. The van der Waals surface area contributed by atoms with Crippen LogP contribution in [0.1, 0.15) is 35.6 Å². The van der Waals surface area contributed by atoms with E-state index in [4.69, 9.17) is 4.52 Å². The Morgan fingerprint density at radius 3 is 2.73 bits per heavy atom. The largest absolute Gasteiger partial charge is 0.465 e. The van der Waals surface area contributed by atoms with E-state index in [0.717, 1.165) is 12.1 Å². The highest BCUT2D eigenvalue weighted by atomic mass is 19.4. The zero-order valence-electron chi connectivity index (χ0n) is 13.6. The highest BCUT2D eigenvalue weighted by Gasteiger charge is 2.35. The Bertz CT molecular complexity index is 843. The summed E-state index contributed by atoms with van der Waals surface area (Å²) in [5.41, 5.74) is -0.733. The van der Waals surface area contributed by atoms with Crippen LogP contribution < -0.4 is 5.56 Å². The van der Waals surface area contributed by atoms with Gasteiger partial charge in [0.15, 0.2) is 0 Å². The second-order valence-electron chi connectivity index (χ2n) is 6.37. The third-order valence-corrected chi connectivity index (χ3v) is 4.63. The van der Waals surface area contributed by atoms with Crippen molar-refractivity contribution in [2.24, 2.45) is 0 Å². The summed E-state index contributed by atoms with van der Waals surface area (Å²) in [6, 6.07) is 5.71. The molecule has 0 bridgehead atoms. The summed E-state index contributed by atoms with van der Waals surface area (Å²) in [7, 11) is 0. The summed E-state index contributed by atoms with van der Waals surface area (Å²) in [5.74, 6) is 0.273. The molecule has 0 spiro atoms. The third-order valence-electron chi connectivity index (χ3n) is 4.63. The molecule has 1 saturated heterocycles. The van der Waals surface area contributed by atoms with Crippen LogP contribution in [0.4, 0.5) is 18.0 Å². The number of nitrogens with zero attached hydrogens (tertiary/aromatic N) is 1. The molecule has 1 aliphatic heterocycles. The predicted octanol–water partition coefficient (Wildman–Crippen LogP) is 3.46. The average Bonchev–Trinajstić information content (AvgIpc) is 3.00. The third kappa shape index (κ3) is 3.92. The van der Waals surface area contributed by atoms with Crippen molar-refractivity contribution < 1.29 is 27.6 Å². The Balaban J connectivity index is 1.82. The predicted molar refractivity (Wildman–Crippen MR) is 85.0 cm³/mol. The lowest BCUT2D eigenvalue weighted by Gasteiger charge is -2.37. The molecule has 2 atom stereocenters. The Morgan fingerprint density at radius 2 is 2.12 bits per heavy atom. The van der Waals surface area contributed by atoms with Gasteiger partial charge in [-0.05, 0) is 30.9 Å². The number of hydrogen-bond donors (Lipinski definition) is 2. The van der Waals surface area contributed by atoms with Crippen molar-refractivity contribution in [1.82, 2.24) is 10.1 Å². The average molecular weight is 370 g/mol. The van der Waals surface area contributed by atoms with Gasteiger partial charge in [0, 0.05) is 24.6 Å². The zero-order valence-corrected chi connectivity index (χ0v) is 13.6. The highest BCUT2D eigenvalue weighted by molar-refractivity contribution is 5.65. The normalized spacial score (nSPS) is 21.0. The molecule has 1 aliphatic rings. The van der Waals surface area contributed by atoms with E-state index >= 15 is 0 Å². The Hall–Kier alpha value is -2.71. The number of alkyl halides is 3. The fraction of sp³-hybridized carbons (Fsp3) is 0.412. The second kappa shape index (κ2) is 6.89. The molecular weight excluding hydrogens is 353 g/mol. The molecule has 3 rings (SSSR count). The number of halogens is 3. The molecule has 1 aromatic carbocycles. The van der Waals surface area contributed by atoms with Crippen molar-refractivity contribution in [3.8, 4) is 0 Å². The van der Waals surface area contributed by atoms with Crippen LogP contribution in [0.5, 0.6) is 0 Å². The van der Waals surface area contributed by atoms with E-state index in [1.54, 1.807) is 6.07 Å². The van der Waals surface area contributed by atoms with Gasteiger partial charge < -0.3 is 14.5 Å². The fourth-order valence-corrected chi connectivity index (χ4v) is 3.40. The molecule has 1 fully saturated rings. The molecule has 0 radical (unpaired) electrons. The Morgan fingerprint density at radius 1 is 1.35 bits per heavy atom. The molecule has 2 aromatic rings. The number of rotatable bonds is 3. The molecule has 140 valence electrons. The number of aromatic amines is 1.